The van der Waals surface area contributed by atoms with Crippen LogP contribution in [0.1, 0.15) is 55.8 Å². The van der Waals surface area contributed by atoms with Crippen LogP contribution >= 0.6 is 27.5 Å². The molecule has 0 radical (unpaired) electrons. The van der Waals surface area contributed by atoms with Crippen LogP contribution in [0.4, 0.5) is 11.4 Å². The molecular weight excluding hydrogens is 612 g/mol. The van der Waals surface area contributed by atoms with Gasteiger partial charge in [0.05, 0.1) is 42.0 Å². The van der Waals surface area contributed by atoms with E-state index in [4.69, 9.17) is 11.6 Å². The molecule has 1 aromatic heterocycles. The van der Waals surface area contributed by atoms with Gasteiger partial charge in [0.2, 0.25) is 0 Å². The van der Waals surface area contributed by atoms with E-state index in [1.807, 2.05) is 71.9 Å². The van der Waals surface area contributed by atoms with Gasteiger partial charge < -0.3 is 16.1 Å². The second kappa shape index (κ2) is 12.3. The first-order valence-electron chi connectivity index (χ1n) is 14.2. The Labute approximate surface area is 259 Å². The summed E-state index contributed by atoms with van der Waals surface area (Å²) in [4.78, 5) is 4.58. The van der Waals surface area contributed by atoms with E-state index in [9.17, 15) is 11.9 Å². The summed E-state index contributed by atoms with van der Waals surface area (Å²) in [5, 5.41) is 29.5. The minimum atomic E-state index is -1.49. The first kappa shape index (κ1) is 26.6. The van der Waals surface area contributed by atoms with Crippen LogP contribution < -0.4 is 21.6 Å². The summed E-state index contributed by atoms with van der Waals surface area (Å²) < 4.78 is 10.5. The van der Waals surface area contributed by atoms with Crippen molar-refractivity contribution in [2.45, 2.75) is 43.8 Å². The highest BCUT2D eigenvalue weighted by atomic mass is 79.9. The Hall–Kier alpha value is -4.28. The van der Waals surface area contributed by atoms with Gasteiger partial charge in [-0.1, -0.05) is 60.1 Å². The average Bonchev–Trinajstić information content (AvgIpc) is 3.75. The molecule has 6 rings (SSSR count). The molecular formula is C32H28BrClN8. The van der Waals surface area contributed by atoms with Crippen LogP contribution in [0.3, 0.4) is 0 Å². The molecule has 1 aliphatic carbocycles. The molecule has 2 aliphatic rings. The molecule has 4 N–H and O–H groups in total. The topological polar surface area (TPSA) is 112 Å². The van der Waals surface area contributed by atoms with Crippen LogP contribution in [0.5, 0.6) is 0 Å². The number of hydrazine groups is 2. The fourth-order valence-electron chi connectivity index (χ4n) is 5.06. The maximum atomic E-state index is 10.1. The zero-order valence-corrected chi connectivity index (χ0v) is 24.9. The summed E-state index contributed by atoms with van der Waals surface area (Å²) in [5.74, 6) is 0. The van der Waals surface area contributed by atoms with Crippen molar-refractivity contribution in [2.24, 2.45) is 0 Å². The van der Waals surface area contributed by atoms with Crippen molar-refractivity contribution in [2.75, 3.05) is 10.6 Å². The second-order valence-corrected chi connectivity index (χ2v) is 11.5. The highest BCUT2D eigenvalue weighted by Crippen LogP contribution is 2.39. The lowest BCUT2D eigenvalue weighted by Gasteiger charge is -2.24. The number of nitrogens with one attached hydrogen (secondary N) is 4. The molecule has 1 aliphatic heterocycles. The van der Waals surface area contributed by atoms with Gasteiger partial charge in [0.15, 0.2) is 0 Å². The molecule has 0 saturated heterocycles. The predicted octanol–water partition coefficient (Wildman–Crippen LogP) is 7.46. The Morgan fingerprint density at radius 1 is 1.12 bits per heavy atom. The Morgan fingerprint density at radius 3 is 2.64 bits per heavy atom. The highest BCUT2D eigenvalue weighted by molar-refractivity contribution is 9.10. The third kappa shape index (κ3) is 5.86. The fraction of sp³-hybridized carbons (Fsp3) is 0.219. The molecule has 1 unspecified atom stereocenters. The lowest BCUT2D eigenvalue weighted by Crippen LogP contribution is -2.38. The van der Waals surface area contributed by atoms with E-state index in [0.717, 1.165) is 18.4 Å². The summed E-state index contributed by atoms with van der Waals surface area (Å²) >= 11 is 10.4. The standard InChI is InChI=1S/C32H28BrClN8/c33-26-16-22(38-32(24-9-4-5-10-27(24)34)29-19-42(41-40-29)23-12-13-23)15-25-30(21(17-36)18-37-31(25)26)39-28(11-6-14-35)20-7-2-1-3-8-20/h1-5,7-10,15-16,18-19,23,28,32,38,40-41H,6,11-13H2,(H,37,39)/t28-,32?/m1/s1/i32D. The summed E-state index contributed by atoms with van der Waals surface area (Å²) in [5.41, 5.74) is 10.8. The second-order valence-electron chi connectivity index (χ2n) is 10.2. The number of hydrogen-bond acceptors (Lipinski definition) is 8. The molecule has 4 aromatic rings. The third-order valence-electron chi connectivity index (χ3n) is 7.32. The van der Waals surface area contributed by atoms with E-state index in [0.29, 0.717) is 67.5 Å². The first-order valence-corrected chi connectivity index (χ1v) is 14.8. The molecule has 10 heteroatoms. The molecule has 0 spiro atoms. The van der Waals surface area contributed by atoms with Gasteiger partial charge in [0.25, 0.3) is 0 Å². The van der Waals surface area contributed by atoms with Gasteiger partial charge in [-0.05, 0) is 64.5 Å². The first-order chi connectivity index (χ1) is 20.9. The van der Waals surface area contributed by atoms with Gasteiger partial charge in [-0.15, -0.1) is 5.53 Å². The van der Waals surface area contributed by atoms with Gasteiger partial charge in [-0.3, -0.25) is 9.99 Å². The lowest BCUT2D eigenvalue weighted by molar-refractivity contribution is 0.260. The van der Waals surface area contributed by atoms with Gasteiger partial charge in [-0.25, -0.2) is 0 Å². The molecule has 210 valence electrons. The van der Waals surface area contributed by atoms with Crippen molar-refractivity contribution in [1.82, 2.24) is 21.0 Å². The van der Waals surface area contributed by atoms with E-state index in [-0.39, 0.29) is 6.04 Å². The van der Waals surface area contributed by atoms with E-state index < -0.39 is 6.02 Å². The Bertz CT molecular complexity index is 1780. The number of nitrogens with zero attached hydrogens (tertiary/aromatic N) is 4. The number of hydrogen-bond donors (Lipinski definition) is 4. The molecule has 0 amide bonds. The summed E-state index contributed by atoms with van der Waals surface area (Å²) in [6.45, 7) is 0. The number of nitriles is 2. The van der Waals surface area contributed by atoms with Crippen LogP contribution in [-0.2, 0) is 0 Å². The Kier molecular flexibility index (Phi) is 7.79. The monoisotopic (exact) mass is 639 g/mol. The largest absolute Gasteiger partial charge is 0.377 e. The average molecular weight is 641 g/mol. The molecule has 0 bridgehead atoms. The van der Waals surface area contributed by atoms with Crippen molar-refractivity contribution in [1.29, 1.82) is 10.5 Å². The van der Waals surface area contributed by atoms with Gasteiger partial charge in [0.1, 0.15) is 6.07 Å². The number of anilines is 2. The molecule has 1 fully saturated rings. The molecule has 2 heterocycles. The minimum absolute atomic E-state index is 0.209. The molecule has 3 aromatic carbocycles. The third-order valence-corrected chi connectivity index (χ3v) is 8.25. The van der Waals surface area contributed by atoms with Crippen molar-refractivity contribution >= 4 is 49.8 Å². The van der Waals surface area contributed by atoms with Crippen molar-refractivity contribution in [3.05, 3.63) is 111 Å². The van der Waals surface area contributed by atoms with E-state index in [1.165, 1.54) is 0 Å². The van der Waals surface area contributed by atoms with Crippen LogP contribution in [0.15, 0.2) is 89.3 Å². The maximum Gasteiger partial charge on any atom is 0.103 e. The van der Waals surface area contributed by atoms with Crippen molar-refractivity contribution < 1.29 is 1.37 Å². The van der Waals surface area contributed by atoms with Crippen LogP contribution in [0.2, 0.25) is 5.02 Å². The molecule has 2 atom stereocenters. The highest BCUT2D eigenvalue weighted by Gasteiger charge is 2.32. The smallest absolute Gasteiger partial charge is 0.103 e. The molecule has 42 heavy (non-hydrogen) atoms. The quantitative estimate of drug-likeness (QED) is 0.141. The predicted molar refractivity (Wildman–Crippen MR) is 169 cm³/mol. The van der Waals surface area contributed by atoms with Crippen LogP contribution in [0, 0.1) is 22.7 Å². The van der Waals surface area contributed by atoms with Crippen LogP contribution in [0.25, 0.3) is 10.9 Å². The van der Waals surface area contributed by atoms with Gasteiger partial charge in [0, 0.05) is 45.4 Å². The van der Waals surface area contributed by atoms with Crippen molar-refractivity contribution in [3.63, 3.8) is 0 Å². The van der Waals surface area contributed by atoms with E-state index >= 15 is 0 Å². The molecule has 1 saturated carbocycles. The number of pyridine rings is 1. The minimum Gasteiger partial charge on any atom is -0.377 e. The fourth-order valence-corrected chi connectivity index (χ4v) is 5.85. The Morgan fingerprint density at radius 2 is 1.90 bits per heavy atom. The van der Waals surface area contributed by atoms with E-state index in [1.54, 1.807) is 12.3 Å². The maximum absolute atomic E-state index is 10.1. The summed E-state index contributed by atoms with van der Waals surface area (Å²) in [7, 11) is 0. The lowest BCUT2D eigenvalue weighted by atomic mass is 10.00. The van der Waals surface area contributed by atoms with Crippen LogP contribution in [-0.4, -0.2) is 16.0 Å². The van der Waals surface area contributed by atoms with Gasteiger partial charge >= 0.3 is 0 Å². The summed E-state index contributed by atoms with van der Waals surface area (Å²) in [6.07, 6.45) is 6.55. The SMILES string of the molecule is [2H]C(Nc1cc(Br)c2ncc(C#N)c(N[C@H](CCC#N)c3ccccc3)c2c1)(C1=CN(C2CC2)NN1)c1ccccc1Cl. The number of halogens is 2. The number of aromatic nitrogens is 1. The number of rotatable bonds is 10. The zero-order valence-electron chi connectivity index (χ0n) is 23.5. The van der Waals surface area contributed by atoms with Crippen molar-refractivity contribution in [3.8, 4) is 12.1 Å². The normalized spacial score (nSPS) is 16.8. The van der Waals surface area contributed by atoms with Gasteiger partial charge in [-0.2, -0.15) is 10.5 Å². The molecule has 8 nitrogen and oxygen atoms in total. The zero-order chi connectivity index (χ0) is 30.0. The number of benzene rings is 3. The Balaban J connectivity index is 1.45. The summed E-state index contributed by atoms with van der Waals surface area (Å²) in [6, 6.07) is 24.1. The van der Waals surface area contributed by atoms with E-state index in [2.05, 4.69) is 54.6 Å². The number of fused-ring (bicyclic) bond motifs is 1.